The molecule has 1 saturated heterocycles. The second-order valence-corrected chi connectivity index (χ2v) is 8.24. The lowest BCUT2D eigenvalue weighted by molar-refractivity contribution is 0.101. The van der Waals surface area contributed by atoms with E-state index >= 15 is 0 Å². The van der Waals surface area contributed by atoms with Crippen molar-refractivity contribution in [2.45, 2.75) is 13.8 Å². The topological polar surface area (TPSA) is 104 Å². The molecule has 3 aromatic rings. The van der Waals surface area contributed by atoms with Crippen molar-refractivity contribution < 1.29 is 4.79 Å². The summed E-state index contributed by atoms with van der Waals surface area (Å²) in [6.45, 7) is 7.34. The summed E-state index contributed by atoms with van der Waals surface area (Å²) in [7, 11) is 3.85. The third kappa shape index (κ3) is 4.66. The smallest absolute Gasteiger partial charge is 0.274 e. The van der Waals surface area contributed by atoms with Gasteiger partial charge in [-0.15, -0.1) is 0 Å². The Morgan fingerprint density at radius 3 is 2.53 bits per heavy atom. The predicted molar refractivity (Wildman–Crippen MR) is 125 cm³/mol. The molecule has 2 aromatic heterocycles. The zero-order valence-corrected chi connectivity index (χ0v) is 19.3. The lowest BCUT2D eigenvalue weighted by atomic mass is 10.2. The van der Waals surface area contributed by atoms with E-state index in [1.807, 2.05) is 26.0 Å². The highest BCUT2D eigenvalue weighted by molar-refractivity contribution is 6.34. The fraction of sp³-hybridized carbons (Fsp3) is 0.381. The van der Waals surface area contributed by atoms with Crippen LogP contribution >= 0.6 is 11.6 Å². The molecular weight excluding hydrogens is 430 g/mol. The Bertz CT molecular complexity index is 1120. The number of likely N-dealkylation sites (N-methyl/N-ethyl adjacent to an activating group) is 1. The summed E-state index contributed by atoms with van der Waals surface area (Å²) in [6.07, 6.45) is 1.50. The van der Waals surface area contributed by atoms with Gasteiger partial charge in [-0.3, -0.25) is 10.1 Å². The van der Waals surface area contributed by atoms with E-state index in [1.165, 1.54) is 6.20 Å². The van der Waals surface area contributed by atoms with Gasteiger partial charge in [0.05, 0.1) is 16.9 Å². The molecule has 4 rings (SSSR count). The summed E-state index contributed by atoms with van der Waals surface area (Å²) < 4.78 is 1.65. The molecule has 0 spiro atoms. The minimum atomic E-state index is -0.311. The predicted octanol–water partition coefficient (Wildman–Crippen LogP) is 2.62. The maximum atomic E-state index is 12.8. The highest BCUT2D eigenvalue weighted by atomic mass is 35.5. The van der Waals surface area contributed by atoms with Crippen molar-refractivity contribution in [2.24, 2.45) is 7.05 Å². The first-order valence-electron chi connectivity index (χ1n) is 10.3. The van der Waals surface area contributed by atoms with Crippen LogP contribution in [0.15, 0.2) is 24.4 Å². The zero-order chi connectivity index (χ0) is 22.8. The molecule has 2 N–H and O–H groups in total. The van der Waals surface area contributed by atoms with Gasteiger partial charge in [0.1, 0.15) is 11.5 Å². The number of aromatic nitrogens is 5. The average molecular weight is 456 g/mol. The van der Waals surface area contributed by atoms with Gasteiger partial charge in [0.25, 0.3) is 5.91 Å². The van der Waals surface area contributed by atoms with Crippen molar-refractivity contribution in [3.63, 3.8) is 0 Å². The first-order chi connectivity index (χ1) is 15.3. The molecule has 0 bridgehead atoms. The van der Waals surface area contributed by atoms with Crippen LogP contribution in [0.2, 0.25) is 5.02 Å². The second kappa shape index (κ2) is 9.09. The van der Waals surface area contributed by atoms with Crippen LogP contribution in [0.5, 0.6) is 0 Å². The van der Waals surface area contributed by atoms with E-state index in [-0.39, 0.29) is 5.91 Å². The maximum Gasteiger partial charge on any atom is 0.274 e. The van der Waals surface area contributed by atoms with Gasteiger partial charge in [0.15, 0.2) is 0 Å². The van der Waals surface area contributed by atoms with E-state index in [1.54, 1.807) is 17.7 Å². The fourth-order valence-electron chi connectivity index (χ4n) is 3.48. The van der Waals surface area contributed by atoms with Crippen LogP contribution in [-0.2, 0) is 7.05 Å². The van der Waals surface area contributed by atoms with Gasteiger partial charge in [-0.1, -0.05) is 23.7 Å². The lowest BCUT2D eigenvalue weighted by Gasteiger charge is -2.32. The second-order valence-electron chi connectivity index (χ2n) is 7.83. The molecule has 0 atom stereocenters. The number of rotatable bonds is 5. The summed E-state index contributed by atoms with van der Waals surface area (Å²) in [5, 5.41) is 6.46. The van der Waals surface area contributed by atoms with Crippen LogP contribution in [0.25, 0.3) is 0 Å². The number of nitrogens with zero attached hydrogens (tertiary/aromatic N) is 7. The Balaban J connectivity index is 1.52. The molecule has 3 heterocycles. The van der Waals surface area contributed by atoms with Crippen LogP contribution in [0.4, 0.5) is 23.5 Å². The van der Waals surface area contributed by atoms with Gasteiger partial charge in [0.2, 0.25) is 17.8 Å². The van der Waals surface area contributed by atoms with Gasteiger partial charge in [-0.2, -0.15) is 15.0 Å². The number of para-hydroxylation sites is 1. The van der Waals surface area contributed by atoms with Crippen molar-refractivity contribution in [1.29, 1.82) is 0 Å². The fourth-order valence-corrected chi connectivity index (χ4v) is 3.74. The van der Waals surface area contributed by atoms with Gasteiger partial charge in [-0.25, -0.2) is 4.98 Å². The number of halogens is 1. The zero-order valence-electron chi connectivity index (χ0n) is 18.6. The average Bonchev–Trinajstić information content (AvgIpc) is 3.11. The number of carbonyl (C=O) groups excluding carboxylic acids is 1. The third-order valence-electron chi connectivity index (χ3n) is 5.43. The van der Waals surface area contributed by atoms with Gasteiger partial charge in [0, 0.05) is 33.2 Å². The monoisotopic (exact) mass is 455 g/mol. The van der Waals surface area contributed by atoms with Gasteiger partial charge < -0.3 is 19.7 Å². The Morgan fingerprint density at radius 2 is 1.81 bits per heavy atom. The number of aryl methyl sites for hydroxylation is 2. The molecule has 1 fully saturated rings. The number of amides is 1. The molecule has 0 saturated carbocycles. The summed E-state index contributed by atoms with van der Waals surface area (Å²) >= 11 is 6.24. The number of hydrogen-bond donors (Lipinski definition) is 2. The lowest BCUT2D eigenvalue weighted by Crippen LogP contribution is -2.45. The third-order valence-corrected chi connectivity index (χ3v) is 5.74. The summed E-state index contributed by atoms with van der Waals surface area (Å²) in [5.74, 6) is 1.76. The molecule has 1 aliphatic rings. The summed E-state index contributed by atoms with van der Waals surface area (Å²) in [6, 6.07) is 5.47. The molecule has 1 aromatic carbocycles. The molecule has 0 radical (unpaired) electrons. The number of piperazine rings is 1. The minimum absolute atomic E-state index is 0.311. The molecule has 1 amide bonds. The van der Waals surface area contributed by atoms with Gasteiger partial charge >= 0.3 is 0 Å². The van der Waals surface area contributed by atoms with Crippen molar-refractivity contribution in [3.8, 4) is 0 Å². The van der Waals surface area contributed by atoms with E-state index in [9.17, 15) is 4.79 Å². The van der Waals surface area contributed by atoms with Crippen molar-refractivity contribution in [1.82, 2.24) is 29.4 Å². The molecule has 0 aliphatic carbocycles. The quantitative estimate of drug-likeness (QED) is 0.605. The molecule has 1 aliphatic heterocycles. The minimum Gasteiger partial charge on any atom is -0.338 e. The van der Waals surface area contributed by atoms with Crippen LogP contribution in [0.3, 0.4) is 0 Å². The SMILES string of the molecule is Cc1nc(Nc2ncc(C(=O)Nc3c(C)cccc3Cl)n2C)nc(N2CCN(C)CC2)n1. The van der Waals surface area contributed by atoms with Gasteiger partial charge in [-0.05, 0) is 32.5 Å². The molecule has 32 heavy (non-hydrogen) atoms. The number of hydrogen-bond acceptors (Lipinski definition) is 8. The Morgan fingerprint density at radius 1 is 1.06 bits per heavy atom. The van der Waals surface area contributed by atoms with Crippen molar-refractivity contribution in [3.05, 3.63) is 46.5 Å². The Hall–Kier alpha value is -3.24. The van der Waals surface area contributed by atoms with Crippen LogP contribution in [-0.4, -0.2) is 68.5 Å². The number of carbonyl (C=O) groups is 1. The maximum absolute atomic E-state index is 12.8. The van der Waals surface area contributed by atoms with E-state index < -0.39 is 0 Å². The largest absolute Gasteiger partial charge is 0.338 e. The highest BCUT2D eigenvalue weighted by Gasteiger charge is 2.20. The van der Waals surface area contributed by atoms with Crippen LogP contribution < -0.4 is 15.5 Å². The van der Waals surface area contributed by atoms with E-state index in [0.29, 0.717) is 40.1 Å². The van der Waals surface area contributed by atoms with Crippen LogP contribution in [0, 0.1) is 13.8 Å². The molecule has 10 nitrogen and oxygen atoms in total. The Kier molecular flexibility index (Phi) is 6.24. The molecular formula is C21H26ClN9O. The number of benzene rings is 1. The number of imidazole rings is 1. The molecule has 0 unspecified atom stereocenters. The summed E-state index contributed by atoms with van der Waals surface area (Å²) in [4.78, 5) is 35.0. The first-order valence-corrected chi connectivity index (χ1v) is 10.7. The highest BCUT2D eigenvalue weighted by Crippen LogP contribution is 2.26. The normalized spacial score (nSPS) is 14.5. The van der Waals surface area contributed by atoms with E-state index in [4.69, 9.17) is 11.6 Å². The van der Waals surface area contributed by atoms with E-state index in [0.717, 1.165) is 31.7 Å². The first kappa shape index (κ1) is 22.0. The number of anilines is 4. The van der Waals surface area contributed by atoms with Crippen molar-refractivity contribution in [2.75, 3.05) is 48.8 Å². The number of nitrogens with one attached hydrogen (secondary N) is 2. The van der Waals surface area contributed by atoms with E-state index in [2.05, 4.69) is 47.4 Å². The molecule has 11 heteroatoms. The van der Waals surface area contributed by atoms with Crippen LogP contribution in [0.1, 0.15) is 21.9 Å². The van der Waals surface area contributed by atoms with Crippen molar-refractivity contribution >= 4 is 41.0 Å². The Labute approximate surface area is 191 Å². The standard InChI is InChI=1S/C21H26ClN9O/c1-13-6-5-7-15(22)17(13)26-18(32)16-12-23-20(30(16)4)27-19-24-14(2)25-21(28-19)31-10-8-29(3)9-11-31/h5-7,12H,8-11H2,1-4H3,(H,26,32)(H,23,24,25,27,28). The molecule has 168 valence electrons. The summed E-state index contributed by atoms with van der Waals surface area (Å²) in [5.41, 5.74) is 1.83.